The van der Waals surface area contributed by atoms with E-state index >= 15 is 0 Å². The van der Waals surface area contributed by atoms with Gasteiger partial charge in [-0.15, -0.1) is 0 Å². The predicted molar refractivity (Wildman–Crippen MR) is 97.1 cm³/mol. The largest absolute Gasteiger partial charge is 0.380 e. The molecule has 5 nitrogen and oxygen atoms in total. The van der Waals surface area contributed by atoms with Crippen molar-refractivity contribution in [2.45, 2.75) is 26.7 Å². The van der Waals surface area contributed by atoms with Gasteiger partial charge in [0.2, 0.25) is 0 Å². The summed E-state index contributed by atoms with van der Waals surface area (Å²) in [5.74, 6) is 0.867. The van der Waals surface area contributed by atoms with Crippen molar-refractivity contribution in [3.05, 3.63) is 36.0 Å². The van der Waals surface area contributed by atoms with Gasteiger partial charge in [-0.1, -0.05) is 18.2 Å². The molecule has 0 unspecified atom stereocenters. The van der Waals surface area contributed by atoms with Crippen LogP contribution in [0.25, 0.3) is 10.9 Å². The van der Waals surface area contributed by atoms with Crippen molar-refractivity contribution >= 4 is 16.9 Å². The molecule has 3 N–H and O–H groups in total. The Labute approximate surface area is 138 Å². The summed E-state index contributed by atoms with van der Waals surface area (Å²) in [5.41, 5.74) is 2.57. The molecule has 1 aromatic heterocycles. The molecule has 0 atom stereocenters. The first-order chi connectivity index (χ1) is 11.3. The number of hydrogen-bond donors (Lipinski definition) is 3. The minimum absolute atomic E-state index is 0.705. The van der Waals surface area contributed by atoms with Crippen molar-refractivity contribution in [3.63, 3.8) is 0 Å². The van der Waals surface area contributed by atoms with Crippen molar-refractivity contribution in [2.75, 3.05) is 32.8 Å². The van der Waals surface area contributed by atoms with Crippen LogP contribution in [0.3, 0.4) is 0 Å². The average molecular weight is 316 g/mol. The number of para-hydroxylation sites is 1. The van der Waals surface area contributed by atoms with Crippen LogP contribution < -0.4 is 10.6 Å². The van der Waals surface area contributed by atoms with Gasteiger partial charge >= 0.3 is 0 Å². The first-order valence-corrected chi connectivity index (χ1v) is 8.50. The van der Waals surface area contributed by atoms with Crippen LogP contribution in [0.5, 0.6) is 0 Å². The molecule has 126 valence electrons. The normalized spacial score (nSPS) is 11.8. The lowest BCUT2D eigenvalue weighted by Gasteiger charge is -2.11. The number of aliphatic imine (C=N–C) groups is 1. The third kappa shape index (κ3) is 5.60. The van der Waals surface area contributed by atoms with Crippen molar-refractivity contribution in [3.8, 4) is 0 Å². The zero-order valence-electron chi connectivity index (χ0n) is 14.2. The molecule has 0 spiro atoms. The Morgan fingerprint density at radius 1 is 1.22 bits per heavy atom. The number of nitrogens with zero attached hydrogens (tertiary/aromatic N) is 1. The zero-order chi connectivity index (χ0) is 16.3. The maximum Gasteiger partial charge on any atom is 0.191 e. The van der Waals surface area contributed by atoms with E-state index in [9.17, 15) is 0 Å². The highest BCUT2D eigenvalue weighted by Crippen LogP contribution is 2.18. The van der Waals surface area contributed by atoms with E-state index in [1.807, 2.05) is 6.92 Å². The van der Waals surface area contributed by atoms with E-state index in [2.05, 4.69) is 58.0 Å². The Morgan fingerprint density at radius 2 is 2.09 bits per heavy atom. The maximum absolute atomic E-state index is 5.33. The summed E-state index contributed by atoms with van der Waals surface area (Å²) in [6.07, 6.45) is 4.18. The van der Waals surface area contributed by atoms with Gasteiger partial charge in [0.05, 0.1) is 6.61 Å². The molecule has 0 fully saturated rings. The van der Waals surface area contributed by atoms with Gasteiger partial charge in [-0.05, 0) is 38.3 Å². The molecule has 1 aromatic carbocycles. The van der Waals surface area contributed by atoms with Crippen LogP contribution in [0.2, 0.25) is 0 Å². The average Bonchev–Trinajstić information content (AvgIpc) is 2.98. The molecular weight excluding hydrogens is 288 g/mol. The summed E-state index contributed by atoms with van der Waals surface area (Å²) < 4.78 is 5.33. The summed E-state index contributed by atoms with van der Waals surface area (Å²) in [6, 6.07) is 8.43. The molecule has 1 heterocycles. The van der Waals surface area contributed by atoms with Crippen LogP contribution in [0.4, 0.5) is 0 Å². The molecule has 2 aromatic rings. The van der Waals surface area contributed by atoms with Crippen molar-refractivity contribution in [2.24, 2.45) is 4.99 Å². The third-order valence-corrected chi connectivity index (χ3v) is 3.64. The topological polar surface area (TPSA) is 61.4 Å². The molecule has 0 radical (unpaired) electrons. The highest BCUT2D eigenvalue weighted by molar-refractivity contribution is 5.83. The zero-order valence-corrected chi connectivity index (χ0v) is 14.2. The summed E-state index contributed by atoms with van der Waals surface area (Å²) in [6.45, 7) is 7.99. The first-order valence-electron chi connectivity index (χ1n) is 8.50. The lowest BCUT2D eigenvalue weighted by Crippen LogP contribution is -2.39. The number of benzene rings is 1. The van der Waals surface area contributed by atoms with E-state index in [-0.39, 0.29) is 0 Å². The molecule has 0 bridgehead atoms. The van der Waals surface area contributed by atoms with Crippen molar-refractivity contribution in [1.82, 2.24) is 15.6 Å². The smallest absolute Gasteiger partial charge is 0.191 e. The minimum atomic E-state index is 0.705. The number of fused-ring (bicyclic) bond motifs is 1. The Bertz CT molecular complexity index is 606. The van der Waals surface area contributed by atoms with Crippen LogP contribution in [0, 0.1) is 0 Å². The van der Waals surface area contributed by atoms with E-state index in [0.717, 1.165) is 45.0 Å². The highest BCUT2D eigenvalue weighted by atomic mass is 16.5. The minimum Gasteiger partial charge on any atom is -0.380 e. The number of nitrogens with one attached hydrogen (secondary N) is 3. The molecule has 23 heavy (non-hydrogen) atoms. The van der Waals surface area contributed by atoms with Crippen molar-refractivity contribution in [1.29, 1.82) is 0 Å². The SMILES string of the molecule is CCNC(=NCCCc1c[nH]c2ccccc12)NCCOCC. The number of rotatable bonds is 9. The summed E-state index contributed by atoms with van der Waals surface area (Å²) >= 11 is 0. The van der Waals surface area contributed by atoms with Gasteiger partial charge in [-0.3, -0.25) is 4.99 Å². The summed E-state index contributed by atoms with van der Waals surface area (Å²) in [5, 5.41) is 7.86. The second kappa shape index (κ2) is 9.90. The fourth-order valence-corrected chi connectivity index (χ4v) is 2.53. The van der Waals surface area contributed by atoms with E-state index in [1.165, 1.54) is 16.5 Å². The van der Waals surface area contributed by atoms with E-state index < -0.39 is 0 Å². The van der Waals surface area contributed by atoms with Crippen molar-refractivity contribution < 1.29 is 4.74 Å². The third-order valence-electron chi connectivity index (χ3n) is 3.64. The molecule has 0 saturated carbocycles. The summed E-state index contributed by atoms with van der Waals surface area (Å²) in [4.78, 5) is 7.94. The quantitative estimate of drug-likeness (QED) is 0.379. The monoisotopic (exact) mass is 316 g/mol. The van der Waals surface area contributed by atoms with Gasteiger partial charge in [0.1, 0.15) is 0 Å². The molecule has 0 aliphatic rings. The Kier molecular flexibility index (Phi) is 7.46. The van der Waals surface area contributed by atoms with Gasteiger partial charge in [-0.2, -0.15) is 0 Å². The second-order valence-corrected chi connectivity index (χ2v) is 5.35. The van der Waals surface area contributed by atoms with Crippen LogP contribution in [0.1, 0.15) is 25.8 Å². The maximum atomic E-state index is 5.33. The lowest BCUT2D eigenvalue weighted by molar-refractivity contribution is 0.152. The van der Waals surface area contributed by atoms with Gasteiger partial charge in [0, 0.05) is 43.3 Å². The van der Waals surface area contributed by atoms with Crippen LogP contribution in [0.15, 0.2) is 35.5 Å². The molecule has 5 heteroatoms. The first kappa shape index (κ1) is 17.3. The van der Waals surface area contributed by atoms with Gasteiger partial charge in [0.15, 0.2) is 5.96 Å². The van der Waals surface area contributed by atoms with E-state index in [4.69, 9.17) is 4.74 Å². The number of aryl methyl sites for hydroxylation is 1. The second-order valence-electron chi connectivity index (χ2n) is 5.35. The van der Waals surface area contributed by atoms with Gasteiger partial charge < -0.3 is 20.4 Å². The number of guanidine groups is 1. The lowest BCUT2D eigenvalue weighted by atomic mass is 10.1. The van der Waals surface area contributed by atoms with Crippen LogP contribution in [-0.4, -0.2) is 43.8 Å². The number of H-pyrrole nitrogens is 1. The van der Waals surface area contributed by atoms with Crippen LogP contribution >= 0.6 is 0 Å². The number of aromatic amines is 1. The predicted octanol–water partition coefficient (Wildman–Crippen LogP) is 2.69. The fourth-order valence-electron chi connectivity index (χ4n) is 2.53. The highest BCUT2D eigenvalue weighted by Gasteiger charge is 2.02. The Balaban J connectivity index is 1.78. The molecule has 0 saturated heterocycles. The molecular formula is C18H28N4O. The Hall–Kier alpha value is -2.01. The standard InChI is InChI=1S/C18H28N4O/c1-3-19-18(21-12-13-23-4-2)20-11-7-8-15-14-22-17-10-6-5-9-16(15)17/h5-6,9-10,14,22H,3-4,7-8,11-13H2,1-2H3,(H2,19,20,21). The van der Waals surface area contributed by atoms with Gasteiger partial charge in [0.25, 0.3) is 0 Å². The van der Waals surface area contributed by atoms with Gasteiger partial charge in [-0.25, -0.2) is 0 Å². The molecule has 0 aliphatic heterocycles. The fraction of sp³-hybridized carbons (Fsp3) is 0.500. The number of hydrogen-bond acceptors (Lipinski definition) is 2. The van der Waals surface area contributed by atoms with Crippen LogP contribution in [-0.2, 0) is 11.2 Å². The molecule has 0 amide bonds. The molecule has 2 rings (SSSR count). The summed E-state index contributed by atoms with van der Waals surface area (Å²) in [7, 11) is 0. The molecule has 0 aliphatic carbocycles. The van der Waals surface area contributed by atoms with E-state index in [0.29, 0.717) is 6.61 Å². The number of ether oxygens (including phenoxy) is 1. The Morgan fingerprint density at radius 3 is 2.91 bits per heavy atom. The van der Waals surface area contributed by atoms with E-state index in [1.54, 1.807) is 0 Å². The number of aromatic nitrogens is 1.